The first-order valence-corrected chi connectivity index (χ1v) is 5.45. The van der Waals surface area contributed by atoms with Crippen LogP contribution in [-0.2, 0) is 25.9 Å². The van der Waals surface area contributed by atoms with Crippen molar-refractivity contribution in [3.8, 4) is 0 Å². The molecule has 0 spiro atoms. The summed E-state index contributed by atoms with van der Waals surface area (Å²) in [6.45, 7) is 0. The van der Waals surface area contributed by atoms with Gasteiger partial charge in [0, 0.05) is 0 Å². The van der Waals surface area contributed by atoms with Crippen LogP contribution in [0.2, 0.25) is 0 Å². The molecule has 0 amide bonds. The Labute approximate surface area is 69.9 Å². The van der Waals surface area contributed by atoms with E-state index >= 15 is 0 Å². The normalized spacial score (nSPS) is 14.5. The molecule has 0 aromatic heterocycles. The van der Waals surface area contributed by atoms with Gasteiger partial charge in [-0.3, -0.25) is 0 Å². The third kappa shape index (κ3) is 1.22. The predicted octanol–water partition coefficient (Wildman–Crippen LogP) is 0.186. The molecule has 3 nitrogen and oxygen atoms in total. The molecule has 62 valence electrons. The molecule has 1 rings (SSSR count). The van der Waals surface area contributed by atoms with Crippen molar-refractivity contribution in [3.05, 3.63) is 22.7 Å². The molecular weight excluding hydrogens is 199 g/mol. The number of hydrogen-bond acceptors (Lipinski definition) is 3. The van der Waals surface area contributed by atoms with E-state index in [0.717, 1.165) is 0 Å². The van der Waals surface area contributed by atoms with Crippen LogP contribution >= 0.6 is 0 Å². The standard InChI is InChI=1S/C5H5.3CO.Mn/c1-2-4-5-3-1;3*1-2;/h1-3H,4H2;;;;. The fourth-order valence-corrected chi connectivity index (χ4v) is 2.35. The van der Waals surface area contributed by atoms with Gasteiger partial charge < -0.3 is 0 Å². The molecule has 0 bridgehead atoms. The number of allylic oxidation sites excluding steroid dienone is 4. The van der Waals surface area contributed by atoms with Gasteiger partial charge in [0.15, 0.2) is 0 Å². The van der Waals surface area contributed by atoms with Crippen molar-refractivity contribution in [1.82, 2.24) is 0 Å². The van der Waals surface area contributed by atoms with E-state index in [9.17, 15) is 14.4 Å². The molecule has 0 unspecified atom stereocenters. The van der Waals surface area contributed by atoms with Crippen LogP contribution in [0.15, 0.2) is 22.7 Å². The molecule has 0 aromatic carbocycles. The zero-order chi connectivity index (χ0) is 9.03. The molecule has 0 heterocycles. The molecule has 0 N–H and O–H groups in total. The van der Waals surface area contributed by atoms with Gasteiger partial charge in [-0.1, -0.05) is 0 Å². The molecule has 12 heavy (non-hydrogen) atoms. The Hall–Kier alpha value is -1.26. The van der Waals surface area contributed by atoms with Crippen LogP contribution < -0.4 is 0 Å². The van der Waals surface area contributed by atoms with Gasteiger partial charge >= 0.3 is 69.4 Å². The molecule has 0 radical (unpaired) electrons. The number of hydrogen-bond donors (Lipinski definition) is 0. The van der Waals surface area contributed by atoms with Gasteiger partial charge in [-0.2, -0.15) is 0 Å². The van der Waals surface area contributed by atoms with Crippen LogP contribution in [0.1, 0.15) is 6.42 Å². The Balaban J connectivity index is 3.69. The Morgan fingerprint density at radius 3 is 2.08 bits per heavy atom. The molecule has 1 aliphatic carbocycles. The Morgan fingerprint density at radius 2 is 1.75 bits per heavy atom. The van der Waals surface area contributed by atoms with Crippen LogP contribution in [-0.4, -0.2) is 14.4 Å². The molecule has 0 saturated carbocycles. The SMILES string of the molecule is O=[C]=[Mn](=[C]=O)(=[C]=O)[C]1=CC=CC1. The van der Waals surface area contributed by atoms with E-state index in [2.05, 4.69) is 0 Å². The maximum atomic E-state index is 10.4. The van der Waals surface area contributed by atoms with E-state index in [1.54, 1.807) is 18.2 Å². The van der Waals surface area contributed by atoms with E-state index in [0.29, 0.717) is 10.9 Å². The van der Waals surface area contributed by atoms with E-state index in [4.69, 9.17) is 0 Å². The number of carbonyl (C=O) groups excluding carboxylic acids is 3. The first-order chi connectivity index (χ1) is 5.79. The van der Waals surface area contributed by atoms with Crippen LogP contribution in [0.4, 0.5) is 0 Å². The van der Waals surface area contributed by atoms with Crippen LogP contribution in [0.3, 0.4) is 0 Å². The minimum absolute atomic E-state index is 0.465. The first-order valence-electron chi connectivity index (χ1n) is 3.09. The Morgan fingerprint density at radius 1 is 1.17 bits per heavy atom. The second-order valence-electron chi connectivity index (χ2n) is 2.04. The van der Waals surface area contributed by atoms with Crippen molar-refractivity contribution in [2.45, 2.75) is 6.42 Å². The van der Waals surface area contributed by atoms with Crippen molar-refractivity contribution < 1.29 is 25.9 Å². The zero-order valence-corrected chi connectivity index (χ0v) is 7.22. The number of rotatable bonds is 1. The zero-order valence-electron chi connectivity index (χ0n) is 6.04. The summed E-state index contributed by atoms with van der Waals surface area (Å²) in [5.41, 5.74) is 0. The topological polar surface area (TPSA) is 51.2 Å². The van der Waals surface area contributed by atoms with Gasteiger partial charge in [-0.15, -0.1) is 0 Å². The van der Waals surface area contributed by atoms with Gasteiger partial charge in [-0.05, 0) is 0 Å². The van der Waals surface area contributed by atoms with E-state index < -0.39 is 11.5 Å². The fourth-order valence-electron chi connectivity index (χ4n) is 0.827. The van der Waals surface area contributed by atoms with Crippen molar-refractivity contribution >= 4 is 14.4 Å². The van der Waals surface area contributed by atoms with E-state index in [1.807, 2.05) is 0 Å². The van der Waals surface area contributed by atoms with Crippen molar-refractivity contribution in [1.29, 1.82) is 0 Å². The molecule has 1 aliphatic rings. The molecule has 0 aromatic rings. The van der Waals surface area contributed by atoms with Gasteiger partial charge in [-0.25, -0.2) is 0 Å². The second-order valence-corrected chi connectivity index (χ2v) is 5.30. The van der Waals surface area contributed by atoms with Crippen LogP contribution in [0.5, 0.6) is 0 Å². The minimum atomic E-state index is -3.42. The van der Waals surface area contributed by atoms with Gasteiger partial charge in [0.2, 0.25) is 0 Å². The summed E-state index contributed by atoms with van der Waals surface area (Å²) < 4.78 is 0.518. The predicted molar refractivity (Wildman–Crippen MR) is 38.9 cm³/mol. The third-order valence-corrected chi connectivity index (χ3v) is 4.10. The average molecular weight is 204 g/mol. The summed E-state index contributed by atoms with van der Waals surface area (Å²) in [6.07, 6.45) is 5.52. The summed E-state index contributed by atoms with van der Waals surface area (Å²) in [4.78, 5) is 35.7. The second kappa shape index (κ2) is 3.42. The average Bonchev–Trinajstić information content (AvgIpc) is 2.62. The van der Waals surface area contributed by atoms with Crippen LogP contribution in [0.25, 0.3) is 0 Å². The van der Waals surface area contributed by atoms with Gasteiger partial charge in [0.05, 0.1) is 0 Å². The maximum absolute atomic E-state index is 10.4. The molecule has 0 aliphatic heterocycles. The fraction of sp³-hybridized carbons (Fsp3) is 0.125. The summed E-state index contributed by atoms with van der Waals surface area (Å²) >= 11 is -3.42. The first kappa shape index (κ1) is 8.83. The molecule has 0 atom stereocenters. The van der Waals surface area contributed by atoms with Crippen LogP contribution in [0, 0.1) is 0 Å². The molecule has 0 saturated heterocycles. The Kier molecular flexibility index (Phi) is 2.52. The van der Waals surface area contributed by atoms with Crippen molar-refractivity contribution in [2.75, 3.05) is 0 Å². The molecule has 0 fully saturated rings. The summed E-state index contributed by atoms with van der Waals surface area (Å²) in [5, 5.41) is 0. The van der Waals surface area contributed by atoms with Crippen molar-refractivity contribution in [2.24, 2.45) is 0 Å². The quantitative estimate of drug-likeness (QED) is 0.572. The monoisotopic (exact) mass is 204 g/mol. The molecule has 4 heteroatoms. The molecular formula is C8H5MnO3. The van der Waals surface area contributed by atoms with E-state index in [1.165, 1.54) is 14.4 Å². The van der Waals surface area contributed by atoms with E-state index in [-0.39, 0.29) is 0 Å². The summed E-state index contributed by atoms with van der Waals surface area (Å²) in [5.74, 6) is 0. The third-order valence-electron chi connectivity index (χ3n) is 1.44. The summed E-state index contributed by atoms with van der Waals surface area (Å²) in [7, 11) is 0. The van der Waals surface area contributed by atoms with Gasteiger partial charge in [0.25, 0.3) is 0 Å². The summed E-state index contributed by atoms with van der Waals surface area (Å²) in [6, 6.07) is 0. The van der Waals surface area contributed by atoms with Gasteiger partial charge in [0.1, 0.15) is 0 Å². The Bertz CT molecular complexity index is 458. The van der Waals surface area contributed by atoms with Crippen molar-refractivity contribution in [3.63, 3.8) is 0 Å².